The van der Waals surface area contributed by atoms with Crippen molar-refractivity contribution < 1.29 is 19.0 Å². The molecule has 8 nitrogen and oxygen atoms in total. The summed E-state index contributed by atoms with van der Waals surface area (Å²) in [5, 5.41) is 0. The Morgan fingerprint density at radius 3 is 2.37 bits per heavy atom. The van der Waals surface area contributed by atoms with Crippen LogP contribution in [0.1, 0.15) is 13.8 Å². The lowest BCUT2D eigenvalue weighted by Crippen LogP contribution is -2.10. The molecule has 2 rings (SSSR count). The number of nitrogens with two attached hydrogens (primary N) is 1. The molecule has 1 aliphatic heterocycles. The number of anilines is 1. The van der Waals surface area contributed by atoms with E-state index in [-0.39, 0.29) is 5.97 Å². The molecule has 0 atom stereocenters. The molecule has 0 saturated carbocycles. The Balaban J connectivity index is 0.000000264. The monoisotopic (exact) mass is 273 g/mol. The van der Waals surface area contributed by atoms with Gasteiger partial charge in [-0.15, -0.1) is 0 Å². The van der Waals surface area contributed by atoms with Gasteiger partial charge >= 0.3 is 11.7 Å². The molecular weight excluding hydrogens is 254 g/mol. The van der Waals surface area contributed by atoms with Crippen LogP contribution in [0.3, 0.4) is 0 Å². The summed E-state index contributed by atoms with van der Waals surface area (Å²) in [5.41, 5.74) is 4.75. The van der Waals surface area contributed by atoms with Gasteiger partial charge in [0.1, 0.15) is 12.6 Å². The Morgan fingerprint density at radius 2 is 2.16 bits per heavy atom. The van der Waals surface area contributed by atoms with E-state index in [0.717, 1.165) is 13.2 Å². The van der Waals surface area contributed by atoms with E-state index >= 15 is 0 Å². The van der Waals surface area contributed by atoms with Crippen LogP contribution in [0.25, 0.3) is 0 Å². The molecule has 3 N–H and O–H groups in total. The molecule has 0 radical (unpaired) electrons. The van der Waals surface area contributed by atoms with Crippen molar-refractivity contribution in [3.63, 3.8) is 0 Å². The van der Waals surface area contributed by atoms with Crippen LogP contribution in [0.15, 0.2) is 17.1 Å². The average Bonchev–Trinajstić information content (AvgIpc) is 2.87. The molecule has 8 heteroatoms. The first-order valence-corrected chi connectivity index (χ1v) is 5.66. The van der Waals surface area contributed by atoms with E-state index in [1.54, 1.807) is 6.92 Å². The van der Waals surface area contributed by atoms with Crippen LogP contribution < -0.4 is 11.4 Å². The molecule has 1 aromatic rings. The highest BCUT2D eigenvalue weighted by Crippen LogP contribution is 1.86. The zero-order valence-corrected chi connectivity index (χ0v) is 11.0. The van der Waals surface area contributed by atoms with Gasteiger partial charge in [-0.05, 0) is 13.0 Å². The third-order valence-corrected chi connectivity index (χ3v) is 1.58. The molecule has 1 aliphatic rings. The molecule has 0 spiro atoms. The molecule has 0 aliphatic carbocycles. The van der Waals surface area contributed by atoms with Crippen molar-refractivity contribution in [2.45, 2.75) is 13.8 Å². The van der Waals surface area contributed by atoms with Gasteiger partial charge in [0.05, 0.1) is 19.8 Å². The van der Waals surface area contributed by atoms with Crippen LogP contribution in [0, 0.1) is 0 Å². The average molecular weight is 273 g/mol. The van der Waals surface area contributed by atoms with Crippen molar-refractivity contribution in [1.29, 1.82) is 0 Å². The number of ether oxygens (including phenoxy) is 3. The molecule has 0 aromatic carbocycles. The Labute approximate surface area is 110 Å². The summed E-state index contributed by atoms with van der Waals surface area (Å²) >= 11 is 0. The fourth-order valence-corrected chi connectivity index (χ4v) is 0.881. The summed E-state index contributed by atoms with van der Waals surface area (Å²) < 4.78 is 13.8. The van der Waals surface area contributed by atoms with Gasteiger partial charge in [0, 0.05) is 13.1 Å². The summed E-state index contributed by atoms with van der Waals surface area (Å²) in [6.07, 6.45) is 1.36. The second-order valence-electron chi connectivity index (χ2n) is 3.19. The highest BCUT2D eigenvalue weighted by atomic mass is 16.7. The molecule has 1 saturated heterocycles. The van der Waals surface area contributed by atoms with Gasteiger partial charge < -0.3 is 19.9 Å². The largest absolute Gasteiger partial charge is 0.466 e. The maximum Gasteiger partial charge on any atom is 0.346 e. The van der Waals surface area contributed by atoms with Crippen LogP contribution in [-0.4, -0.2) is 42.6 Å². The minimum absolute atomic E-state index is 0.211. The van der Waals surface area contributed by atoms with Gasteiger partial charge in [-0.1, -0.05) is 0 Å². The zero-order valence-electron chi connectivity index (χ0n) is 11.0. The Morgan fingerprint density at radius 1 is 1.53 bits per heavy atom. The minimum Gasteiger partial charge on any atom is -0.466 e. The highest BCUT2D eigenvalue weighted by molar-refractivity contribution is 5.65. The number of hydrogen-bond donors (Lipinski definition) is 2. The van der Waals surface area contributed by atoms with Crippen LogP contribution in [0.2, 0.25) is 0 Å². The van der Waals surface area contributed by atoms with Gasteiger partial charge in [0.15, 0.2) is 0 Å². The third kappa shape index (κ3) is 12.3. The van der Waals surface area contributed by atoms with E-state index < -0.39 is 5.69 Å². The first-order chi connectivity index (χ1) is 9.06. The van der Waals surface area contributed by atoms with Crippen molar-refractivity contribution in [3.8, 4) is 0 Å². The van der Waals surface area contributed by atoms with Crippen molar-refractivity contribution in [1.82, 2.24) is 9.97 Å². The first kappa shape index (κ1) is 17.1. The molecule has 0 amide bonds. The van der Waals surface area contributed by atoms with Gasteiger partial charge in [-0.3, -0.25) is 9.78 Å². The lowest BCUT2D eigenvalue weighted by molar-refractivity contribution is -0.140. The molecule has 1 aromatic heterocycles. The number of nitrogens with zero attached hydrogens (tertiary/aromatic N) is 1. The second-order valence-corrected chi connectivity index (χ2v) is 3.19. The van der Waals surface area contributed by atoms with E-state index in [4.69, 9.17) is 15.2 Å². The van der Waals surface area contributed by atoms with Crippen LogP contribution in [-0.2, 0) is 19.0 Å². The quantitative estimate of drug-likeness (QED) is 0.687. The Hall–Kier alpha value is -1.93. The van der Waals surface area contributed by atoms with Gasteiger partial charge in [-0.2, -0.15) is 0 Å². The van der Waals surface area contributed by atoms with E-state index in [1.807, 2.05) is 0 Å². The predicted octanol–water partition coefficient (Wildman–Crippen LogP) is -0.0878. The molecule has 108 valence electrons. The molecule has 19 heavy (non-hydrogen) atoms. The highest BCUT2D eigenvalue weighted by Gasteiger charge is 1.93. The van der Waals surface area contributed by atoms with E-state index in [9.17, 15) is 9.59 Å². The number of nitrogens with one attached hydrogen (secondary N) is 1. The summed E-state index contributed by atoms with van der Waals surface area (Å²) in [6.45, 7) is 5.71. The Bertz CT molecular complexity index is 396. The van der Waals surface area contributed by atoms with Crippen molar-refractivity contribution >= 4 is 11.8 Å². The second kappa shape index (κ2) is 11.2. The molecule has 0 bridgehead atoms. The number of carbonyl (C=O) groups excluding carboxylic acids is 1. The number of aromatic amines is 1. The van der Waals surface area contributed by atoms with Gasteiger partial charge in [0.2, 0.25) is 0 Å². The van der Waals surface area contributed by atoms with Crippen molar-refractivity contribution in [3.05, 3.63) is 22.7 Å². The number of carbonyl (C=O) groups is 1. The zero-order chi connectivity index (χ0) is 14.5. The topological polar surface area (TPSA) is 117 Å². The van der Waals surface area contributed by atoms with E-state index in [1.165, 1.54) is 19.2 Å². The number of esters is 1. The van der Waals surface area contributed by atoms with E-state index in [0.29, 0.717) is 19.2 Å². The van der Waals surface area contributed by atoms with Crippen molar-refractivity contribution in [2.24, 2.45) is 0 Å². The standard InChI is InChI=1S/C4H5N3O.C4H8O2.C3H6O2/c5-3-1-2-6-4(8)7-3;1-3-6-4(2)5;1-2-5-3-4-1/h1-2H,(H3,5,6,7,8);3H2,1-2H3;1-3H2. The number of nitrogen functional groups attached to an aromatic ring is 1. The normalized spacial score (nSPS) is 12.5. The minimum atomic E-state index is -0.412. The fourth-order valence-electron chi connectivity index (χ4n) is 0.881. The van der Waals surface area contributed by atoms with Gasteiger partial charge in [-0.25, -0.2) is 9.78 Å². The SMILES string of the molecule is C1COCO1.CCOC(C)=O.Nc1ccnc(=O)[nH]1. The molecule has 2 heterocycles. The number of aromatic nitrogens is 2. The molecular formula is C11H19N3O5. The van der Waals surface area contributed by atoms with Crippen molar-refractivity contribution in [2.75, 3.05) is 32.3 Å². The molecule has 1 fully saturated rings. The van der Waals surface area contributed by atoms with Crippen LogP contribution in [0.5, 0.6) is 0 Å². The molecule has 0 unspecified atom stereocenters. The fraction of sp³-hybridized carbons (Fsp3) is 0.545. The summed E-state index contributed by atoms with van der Waals surface area (Å²) in [4.78, 5) is 25.7. The maximum absolute atomic E-state index is 10.2. The third-order valence-electron chi connectivity index (χ3n) is 1.58. The van der Waals surface area contributed by atoms with Crippen LogP contribution >= 0.6 is 0 Å². The smallest absolute Gasteiger partial charge is 0.346 e. The lowest BCUT2D eigenvalue weighted by Gasteiger charge is -1.89. The summed E-state index contributed by atoms with van der Waals surface area (Å²) in [5.74, 6) is 0.127. The summed E-state index contributed by atoms with van der Waals surface area (Å²) in [6, 6.07) is 1.52. The van der Waals surface area contributed by atoms with Crippen LogP contribution in [0.4, 0.5) is 5.82 Å². The Kier molecular flexibility index (Phi) is 10.0. The predicted molar refractivity (Wildman–Crippen MR) is 68.3 cm³/mol. The van der Waals surface area contributed by atoms with E-state index in [2.05, 4.69) is 14.7 Å². The lowest BCUT2D eigenvalue weighted by atomic mass is 10.6. The number of rotatable bonds is 1. The summed E-state index contributed by atoms with van der Waals surface area (Å²) in [7, 11) is 0. The van der Waals surface area contributed by atoms with Gasteiger partial charge in [0.25, 0.3) is 0 Å². The number of H-pyrrole nitrogens is 1. The maximum atomic E-state index is 10.2. The number of hydrogen-bond acceptors (Lipinski definition) is 7. The first-order valence-electron chi connectivity index (χ1n) is 5.66.